The highest BCUT2D eigenvalue weighted by atomic mass is 32.2. The minimum Gasteiger partial charge on any atom is -0.456 e. The number of anilines is 1. The van der Waals surface area contributed by atoms with Gasteiger partial charge in [-0.1, -0.05) is 12.1 Å². The summed E-state index contributed by atoms with van der Waals surface area (Å²) in [5.74, 6) is -0.544. The quantitative estimate of drug-likeness (QED) is 0.851. The molecule has 1 N–H and O–H groups in total. The van der Waals surface area contributed by atoms with Crippen molar-refractivity contribution in [3.05, 3.63) is 59.9 Å². The van der Waals surface area contributed by atoms with Crippen molar-refractivity contribution in [1.29, 1.82) is 0 Å². The first-order valence-corrected chi connectivity index (χ1v) is 7.98. The third-order valence-electron chi connectivity index (χ3n) is 2.48. The van der Waals surface area contributed by atoms with Crippen molar-refractivity contribution in [2.24, 2.45) is 0 Å². The Kier molecular flexibility index (Phi) is 4.54. The van der Waals surface area contributed by atoms with Crippen LogP contribution in [0.25, 0.3) is 0 Å². The third-order valence-corrected chi connectivity index (χ3v) is 3.09. The summed E-state index contributed by atoms with van der Waals surface area (Å²) >= 11 is 0. The summed E-state index contributed by atoms with van der Waals surface area (Å²) in [5.41, 5.74) is 1.21. The van der Waals surface area contributed by atoms with Gasteiger partial charge in [0, 0.05) is 11.9 Å². The molecular formula is C14H14N2O4S. The lowest BCUT2D eigenvalue weighted by Crippen LogP contribution is -2.11. The van der Waals surface area contributed by atoms with Crippen LogP contribution in [0, 0.1) is 0 Å². The van der Waals surface area contributed by atoms with Crippen molar-refractivity contribution in [1.82, 2.24) is 4.98 Å². The lowest BCUT2D eigenvalue weighted by Gasteiger charge is -2.07. The van der Waals surface area contributed by atoms with E-state index in [1.54, 1.807) is 42.6 Å². The first-order chi connectivity index (χ1) is 9.94. The van der Waals surface area contributed by atoms with Gasteiger partial charge >= 0.3 is 5.97 Å². The Hall–Kier alpha value is -2.41. The van der Waals surface area contributed by atoms with E-state index in [0.717, 1.165) is 6.26 Å². The van der Waals surface area contributed by atoms with Crippen LogP contribution in [0.1, 0.15) is 16.1 Å². The number of pyridine rings is 1. The highest BCUT2D eigenvalue weighted by molar-refractivity contribution is 7.92. The SMILES string of the molecule is CS(=O)(=O)Nc1cccc(C(=O)OCc2ccccn2)c1. The van der Waals surface area contributed by atoms with Crippen LogP contribution < -0.4 is 4.72 Å². The van der Waals surface area contributed by atoms with Gasteiger partial charge < -0.3 is 4.74 Å². The lowest BCUT2D eigenvalue weighted by atomic mass is 10.2. The predicted octanol–water partition coefficient (Wildman–Crippen LogP) is 1.81. The van der Waals surface area contributed by atoms with Gasteiger partial charge in [-0.3, -0.25) is 9.71 Å². The molecule has 0 unspecified atom stereocenters. The predicted molar refractivity (Wildman–Crippen MR) is 78.3 cm³/mol. The number of carbonyl (C=O) groups is 1. The molecule has 21 heavy (non-hydrogen) atoms. The topological polar surface area (TPSA) is 85.4 Å². The lowest BCUT2D eigenvalue weighted by molar-refractivity contribution is 0.0468. The number of rotatable bonds is 5. The molecule has 0 aliphatic heterocycles. The van der Waals surface area contributed by atoms with E-state index < -0.39 is 16.0 Å². The minimum absolute atomic E-state index is 0.0589. The molecule has 2 aromatic rings. The zero-order chi connectivity index (χ0) is 15.3. The molecule has 0 amide bonds. The van der Waals surface area contributed by atoms with Gasteiger partial charge in [-0.25, -0.2) is 13.2 Å². The largest absolute Gasteiger partial charge is 0.456 e. The summed E-state index contributed by atoms with van der Waals surface area (Å²) < 4.78 is 29.7. The van der Waals surface area contributed by atoms with Crippen molar-refractivity contribution in [3.8, 4) is 0 Å². The summed E-state index contributed by atoms with van der Waals surface area (Å²) in [6, 6.07) is 11.4. The van der Waals surface area contributed by atoms with Crippen LogP contribution in [0.5, 0.6) is 0 Å². The van der Waals surface area contributed by atoms with Crippen LogP contribution in [-0.4, -0.2) is 25.6 Å². The molecule has 0 saturated heterocycles. The van der Waals surface area contributed by atoms with E-state index in [1.165, 1.54) is 6.07 Å². The van der Waals surface area contributed by atoms with E-state index in [9.17, 15) is 13.2 Å². The van der Waals surface area contributed by atoms with E-state index in [1.807, 2.05) is 0 Å². The van der Waals surface area contributed by atoms with Gasteiger partial charge in [-0.15, -0.1) is 0 Å². The summed E-state index contributed by atoms with van der Waals surface area (Å²) in [6.07, 6.45) is 2.65. The number of esters is 1. The van der Waals surface area contributed by atoms with Gasteiger partial charge in [-0.2, -0.15) is 0 Å². The van der Waals surface area contributed by atoms with Gasteiger partial charge in [0.25, 0.3) is 0 Å². The first kappa shape index (κ1) is 15.0. The maximum atomic E-state index is 11.9. The summed E-state index contributed by atoms with van der Waals surface area (Å²) in [7, 11) is -3.39. The zero-order valence-electron chi connectivity index (χ0n) is 11.3. The molecule has 0 bridgehead atoms. The second-order valence-corrected chi connectivity index (χ2v) is 6.10. The Morgan fingerprint density at radius 2 is 2.05 bits per heavy atom. The Morgan fingerprint density at radius 1 is 1.24 bits per heavy atom. The maximum absolute atomic E-state index is 11.9. The number of benzene rings is 1. The van der Waals surface area contributed by atoms with E-state index in [-0.39, 0.29) is 12.2 Å². The minimum atomic E-state index is -3.39. The molecule has 0 aliphatic rings. The Labute approximate surface area is 122 Å². The fourth-order valence-corrected chi connectivity index (χ4v) is 2.19. The monoisotopic (exact) mass is 306 g/mol. The fraction of sp³-hybridized carbons (Fsp3) is 0.143. The average Bonchev–Trinajstić information content (AvgIpc) is 2.44. The Bertz CT molecular complexity index is 730. The third kappa shape index (κ3) is 4.88. The van der Waals surface area contributed by atoms with Crippen LogP contribution in [0.4, 0.5) is 5.69 Å². The normalized spacial score (nSPS) is 10.9. The van der Waals surface area contributed by atoms with Crippen LogP contribution >= 0.6 is 0 Å². The molecule has 0 spiro atoms. The van der Waals surface area contributed by atoms with E-state index in [2.05, 4.69) is 9.71 Å². The van der Waals surface area contributed by atoms with E-state index >= 15 is 0 Å². The molecule has 7 heteroatoms. The number of nitrogens with zero attached hydrogens (tertiary/aromatic N) is 1. The molecule has 0 atom stereocenters. The molecule has 1 aromatic heterocycles. The number of sulfonamides is 1. The zero-order valence-corrected chi connectivity index (χ0v) is 12.1. The van der Waals surface area contributed by atoms with Gasteiger partial charge in [0.1, 0.15) is 6.61 Å². The smallest absolute Gasteiger partial charge is 0.338 e. The van der Waals surface area contributed by atoms with E-state index in [0.29, 0.717) is 11.4 Å². The van der Waals surface area contributed by atoms with Crippen molar-refractivity contribution < 1.29 is 17.9 Å². The highest BCUT2D eigenvalue weighted by Crippen LogP contribution is 2.13. The number of aromatic nitrogens is 1. The number of ether oxygens (including phenoxy) is 1. The summed E-state index contributed by atoms with van der Waals surface area (Å²) in [4.78, 5) is 16.0. The number of nitrogens with one attached hydrogen (secondary N) is 1. The maximum Gasteiger partial charge on any atom is 0.338 e. The second kappa shape index (κ2) is 6.36. The standard InChI is InChI=1S/C14H14N2O4S/c1-21(18,19)16-12-7-4-5-11(9-12)14(17)20-10-13-6-2-3-8-15-13/h2-9,16H,10H2,1H3. The molecule has 1 aromatic carbocycles. The molecule has 0 radical (unpaired) electrons. The molecule has 110 valence electrons. The van der Waals surface area contributed by atoms with Crippen molar-refractivity contribution in [2.45, 2.75) is 6.61 Å². The number of hydrogen-bond donors (Lipinski definition) is 1. The van der Waals surface area contributed by atoms with Crippen molar-refractivity contribution in [2.75, 3.05) is 11.0 Å². The van der Waals surface area contributed by atoms with Crippen molar-refractivity contribution in [3.63, 3.8) is 0 Å². The summed E-state index contributed by atoms with van der Waals surface area (Å²) in [5, 5.41) is 0. The highest BCUT2D eigenvalue weighted by Gasteiger charge is 2.10. The molecular weight excluding hydrogens is 292 g/mol. The molecule has 0 saturated carbocycles. The molecule has 0 fully saturated rings. The van der Waals surface area contributed by atoms with Gasteiger partial charge in [0.15, 0.2) is 0 Å². The van der Waals surface area contributed by atoms with Gasteiger partial charge in [-0.05, 0) is 30.3 Å². The average molecular weight is 306 g/mol. The van der Waals surface area contributed by atoms with Crippen molar-refractivity contribution >= 4 is 21.7 Å². The first-order valence-electron chi connectivity index (χ1n) is 6.09. The summed E-state index contributed by atoms with van der Waals surface area (Å²) in [6.45, 7) is 0.0589. The van der Waals surface area contributed by atoms with Crippen LogP contribution in [0.3, 0.4) is 0 Å². The van der Waals surface area contributed by atoms with Crippen LogP contribution in [-0.2, 0) is 21.4 Å². The molecule has 1 heterocycles. The Balaban J connectivity index is 2.04. The number of hydrogen-bond acceptors (Lipinski definition) is 5. The molecule has 2 rings (SSSR count). The fourth-order valence-electron chi connectivity index (χ4n) is 1.63. The van der Waals surface area contributed by atoms with Crippen LogP contribution in [0.15, 0.2) is 48.7 Å². The molecule has 0 aliphatic carbocycles. The number of carbonyl (C=O) groups excluding carboxylic acids is 1. The van der Waals surface area contributed by atoms with Crippen LogP contribution in [0.2, 0.25) is 0 Å². The molecule has 6 nitrogen and oxygen atoms in total. The second-order valence-electron chi connectivity index (χ2n) is 4.35. The van der Waals surface area contributed by atoms with E-state index in [4.69, 9.17) is 4.74 Å². The van der Waals surface area contributed by atoms with Gasteiger partial charge in [0.05, 0.1) is 17.5 Å². The van der Waals surface area contributed by atoms with Gasteiger partial charge in [0.2, 0.25) is 10.0 Å². The Morgan fingerprint density at radius 3 is 2.71 bits per heavy atom.